The SMILES string of the molecule is CN=C(NCCc1cc2ccccc2o1)NCc1nc(C)c(C)o1.I. The maximum atomic E-state index is 5.80. The van der Waals surface area contributed by atoms with Gasteiger partial charge in [-0.25, -0.2) is 4.98 Å². The first-order valence-corrected chi connectivity index (χ1v) is 8.00. The highest BCUT2D eigenvalue weighted by atomic mass is 127. The third-order valence-corrected chi connectivity index (χ3v) is 3.84. The molecule has 2 heterocycles. The maximum Gasteiger partial charge on any atom is 0.214 e. The van der Waals surface area contributed by atoms with Gasteiger partial charge in [-0.1, -0.05) is 18.2 Å². The number of nitrogens with one attached hydrogen (secondary N) is 2. The number of fused-ring (bicyclic) bond motifs is 1. The zero-order valence-corrected chi connectivity index (χ0v) is 17.0. The third kappa shape index (κ3) is 4.97. The van der Waals surface area contributed by atoms with Crippen LogP contribution < -0.4 is 10.6 Å². The Bertz CT molecular complexity index is 801. The number of furan rings is 1. The number of oxazole rings is 1. The van der Waals surface area contributed by atoms with Crippen molar-refractivity contribution in [1.29, 1.82) is 0 Å². The highest BCUT2D eigenvalue weighted by Gasteiger charge is 2.07. The second-order valence-corrected chi connectivity index (χ2v) is 5.60. The summed E-state index contributed by atoms with van der Waals surface area (Å²) in [5.74, 6) is 3.17. The summed E-state index contributed by atoms with van der Waals surface area (Å²) in [4.78, 5) is 8.54. The Labute approximate surface area is 164 Å². The van der Waals surface area contributed by atoms with Gasteiger partial charge < -0.3 is 19.5 Å². The van der Waals surface area contributed by atoms with Gasteiger partial charge in [-0.05, 0) is 26.0 Å². The molecule has 3 rings (SSSR count). The lowest BCUT2D eigenvalue weighted by molar-refractivity contribution is 0.463. The molecule has 0 fully saturated rings. The van der Waals surface area contributed by atoms with Gasteiger partial charge in [0.15, 0.2) is 5.96 Å². The van der Waals surface area contributed by atoms with E-state index in [-0.39, 0.29) is 24.0 Å². The average molecular weight is 454 g/mol. The number of para-hydroxylation sites is 1. The normalized spacial score (nSPS) is 11.4. The second-order valence-electron chi connectivity index (χ2n) is 5.60. The molecule has 0 saturated carbocycles. The van der Waals surface area contributed by atoms with E-state index < -0.39 is 0 Å². The van der Waals surface area contributed by atoms with Gasteiger partial charge in [0.05, 0.1) is 12.2 Å². The highest BCUT2D eigenvalue weighted by Crippen LogP contribution is 2.18. The van der Waals surface area contributed by atoms with E-state index in [4.69, 9.17) is 8.83 Å². The zero-order chi connectivity index (χ0) is 16.9. The lowest BCUT2D eigenvalue weighted by Gasteiger charge is -2.09. The van der Waals surface area contributed by atoms with Gasteiger partial charge in [-0.3, -0.25) is 4.99 Å². The quantitative estimate of drug-likeness (QED) is 0.350. The number of rotatable bonds is 5. The van der Waals surface area contributed by atoms with Gasteiger partial charge in [0.1, 0.15) is 17.1 Å². The summed E-state index contributed by atoms with van der Waals surface area (Å²) >= 11 is 0. The van der Waals surface area contributed by atoms with Crippen LogP contribution in [0.5, 0.6) is 0 Å². The molecule has 0 radical (unpaired) electrons. The summed E-state index contributed by atoms with van der Waals surface area (Å²) in [6.07, 6.45) is 0.784. The number of aliphatic imine (C=N–C) groups is 1. The van der Waals surface area contributed by atoms with Crippen LogP contribution in [0.1, 0.15) is 23.1 Å². The van der Waals surface area contributed by atoms with E-state index in [1.807, 2.05) is 32.0 Å². The summed E-state index contributed by atoms with van der Waals surface area (Å²) in [7, 11) is 1.74. The number of guanidine groups is 1. The van der Waals surface area contributed by atoms with Crippen molar-refractivity contribution in [2.45, 2.75) is 26.8 Å². The number of aromatic nitrogens is 1. The first-order valence-electron chi connectivity index (χ1n) is 8.00. The Morgan fingerprint density at radius 3 is 2.64 bits per heavy atom. The monoisotopic (exact) mass is 454 g/mol. The Hall–Kier alpha value is -2.03. The van der Waals surface area contributed by atoms with Crippen LogP contribution in [-0.2, 0) is 13.0 Å². The molecule has 0 aliphatic rings. The van der Waals surface area contributed by atoms with Crippen molar-refractivity contribution >= 4 is 40.9 Å². The van der Waals surface area contributed by atoms with Crippen molar-refractivity contribution in [2.75, 3.05) is 13.6 Å². The fraction of sp³-hybridized carbons (Fsp3) is 0.333. The molecule has 0 bridgehead atoms. The summed E-state index contributed by atoms with van der Waals surface area (Å²) in [5, 5.41) is 7.58. The molecule has 2 aromatic heterocycles. The molecule has 25 heavy (non-hydrogen) atoms. The first-order chi connectivity index (χ1) is 11.7. The molecule has 1 aromatic carbocycles. The van der Waals surface area contributed by atoms with Gasteiger partial charge >= 0.3 is 0 Å². The summed E-state index contributed by atoms with van der Waals surface area (Å²) in [5.41, 5.74) is 1.84. The standard InChI is InChI=1S/C18H22N4O2.HI/c1-12-13(2)23-17(22-12)11-21-18(19-3)20-9-8-15-10-14-6-4-5-7-16(14)24-15;/h4-7,10H,8-9,11H2,1-3H3,(H2,19,20,21);1H. The van der Waals surface area contributed by atoms with E-state index in [1.54, 1.807) is 7.05 Å². The lowest BCUT2D eigenvalue weighted by atomic mass is 10.2. The zero-order valence-electron chi connectivity index (χ0n) is 14.6. The molecular formula is C18H23IN4O2. The number of hydrogen-bond donors (Lipinski definition) is 2. The molecule has 0 aliphatic carbocycles. The predicted octanol–water partition coefficient (Wildman–Crippen LogP) is 3.56. The number of nitrogens with zero attached hydrogens (tertiary/aromatic N) is 2. The molecule has 0 spiro atoms. The second kappa shape index (κ2) is 8.89. The van der Waals surface area contributed by atoms with E-state index in [1.165, 1.54) is 0 Å². The van der Waals surface area contributed by atoms with Gasteiger partial charge in [-0.15, -0.1) is 24.0 Å². The van der Waals surface area contributed by atoms with Crippen LogP contribution in [-0.4, -0.2) is 24.5 Å². The molecular weight excluding hydrogens is 431 g/mol. The fourth-order valence-electron chi connectivity index (χ4n) is 2.46. The minimum atomic E-state index is 0. The van der Waals surface area contributed by atoms with E-state index in [9.17, 15) is 0 Å². The Balaban J connectivity index is 0.00000225. The molecule has 0 unspecified atom stereocenters. The summed E-state index contributed by atoms with van der Waals surface area (Å²) in [6.45, 7) is 5.07. The van der Waals surface area contributed by atoms with Crippen LogP contribution in [0.3, 0.4) is 0 Å². The van der Waals surface area contributed by atoms with E-state index >= 15 is 0 Å². The smallest absolute Gasteiger partial charge is 0.214 e. The molecule has 2 N–H and O–H groups in total. The largest absolute Gasteiger partial charge is 0.461 e. The van der Waals surface area contributed by atoms with E-state index in [2.05, 4.69) is 32.7 Å². The molecule has 0 atom stereocenters. The summed E-state index contributed by atoms with van der Waals surface area (Å²) < 4.78 is 11.3. The lowest BCUT2D eigenvalue weighted by Crippen LogP contribution is -2.37. The minimum absolute atomic E-state index is 0. The first kappa shape index (κ1) is 19.3. The van der Waals surface area contributed by atoms with Crippen LogP contribution in [0.15, 0.2) is 44.2 Å². The van der Waals surface area contributed by atoms with Crippen LogP contribution in [0.4, 0.5) is 0 Å². The minimum Gasteiger partial charge on any atom is -0.461 e. The van der Waals surface area contributed by atoms with Crippen LogP contribution in [0.25, 0.3) is 11.0 Å². The molecule has 3 aromatic rings. The predicted molar refractivity (Wildman–Crippen MR) is 110 cm³/mol. The molecule has 0 aliphatic heterocycles. The topological polar surface area (TPSA) is 75.6 Å². The Morgan fingerprint density at radius 1 is 1.16 bits per heavy atom. The van der Waals surface area contributed by atoms with E-state index in [0.29, 0.717) is 18.4 Å². The van der Waals surface area contributed by atoms with Crippen molar-refractivity contribution < 1.29 is 8.83 Å². The molecule has 0 saturated heterocycles. The number of benzene rings is 1. The van der Waals surface area contributed by atoms with E-state index in [0.717, 1.165) is 41.1 Å². The number of halogens is 1. The van der Waals surface area contributed by atoms with Gasteiger partial charge in [0.2, 0.25) is 5.89 Å². The molecule has 134 valence electrons. The number of hydrogen-bond acceptors (Lipinski definition) is 4. The molecule has 0 amide bonds. The van der Waals surface area contributed by atoms with Crippen molar-refractivity contribution in [3.63, 3.8) is 0 Å². The third-order valence-electron chi connectivity index (χ3n) is 3.84. The molecule has 7 heteroatoms. The summed E-state index contributed by atoms with van der Waals surface area (Å²) in [6, 6.07) is 10.1. The fourth-order valence-corrected chi connectivity index (χ4v) is 2.46. The van der Waals surface area contributed by atoms with Crippen LogP contribution in [0, 0.1) is 13.8 Å². The van der Waals surface area contributed by atoms with Crippen molar-refractivity contribution in [1.82, 2.24) is 15.6 Å². The Morgan fingerprint density at radius 2 is 1.96 bits per heavy atom. The Kier molecular flexibility index (Phi) is 6.86. The van der Waals surface area contributed by atoms with Crippen molar-refractivity contribution in [2.24, 2.45) is 4.99 Å². The van der Waals surface area contributed by atoms with Gasteiger partial charge in [0.25, 0.3) is 0 Å². The number of aryl methyl sites for hydroxylation is 2. The van der Waals surface area contributed by atoms with Crippen molar-refractivity contribution in [3.8, 4) is 0 Å². The highest BCUT2D eigenvalue weighted by molar-refractivity contribution is 14.0. The molecule has 6 nitrogen and oxygen atoms in total. The van der Waals surface area contributed by atoms with Crippen LogP contribution in [0.2, 0.25) is 0 Å². The van der Waals surface area contributed by atoms with Gasteiger partial charge in [-0.2, -0.15) is 0 Å². The van der Waals surface area contributed by atoms with Crippen molar-refractivity contribution in [3.05, 3.63) is 53.4 Å². The average Bonchev–Trinajstić information content (AvgIpc) is 3.13. The van der Waals surface area contributed by atoms with Crippen LogP contribution >= 0.6 is 24.0 Å². The van der Waals surface area contributed by atoms with Gasteiger partial charge in [0, 0.05) is 25.4 Å². The maximum absolute atomic E-state index is 5.80.